The first-order valence-electron chi connectivity index (χ1n) is 3.59. The van der Waals surface area contributed by atoms with Crippen molar-refractivity contribution in [1.82, 2.24) is 0 Å². The number of hydrogen-bond donors (Lipinski definition) is 1. The van der Waals surface area contributed by atoms with Crippen LogP contribution in [0.1, 0.15) is 6.92 Å². The maximum atomic E-state index is 12.7. The van der Waals surface area contributed by atoms with Gasteiger partial charge in [0.2, 0.25) is 0 Å². The van der Waals surface area contributed by atoms with Crippen LogP contribution >= 0.6 is 0 Å². The molecule has 0 spiro atoms. The smallest absolute Gasteiger partial charge is 0.315 e. The average Bonchev–Trinajstić information content (AvgIpc) is 2.00. The largest absolute Gasteiger partial charge is 0.459 e. The van der Waals surface area contributed by atoms with E-state index in [0.29, 0.717) is 0 Å². The molecule has 1 nitrogen and oxygen atoms in total. The number of hydrogen-bond acceptors (Lipinski definition) is 1. The van der Waals surface area contributed by atoms with Gasteiger partial charge in [-0.25, -0.2) is 8.78 Å². The van der Waals surface area contributed by atoms with Crippen LogP contribution in [0.5, 0.6) is 0 Å². The summed E-state index contributed by atoms with van der Waals surface area (Å²) in [7, 11) is 0. The van der Waals surface area contributed by atoms with Gasteiger partial charge in [0, 0.05) is 0 Å². The molecule has 0 aliphatic heterocycles. The molecule has 0 aromatic rings. The van der Waals surface area contributed by atoms with Crippen molar-refractivity contribution in [2.75, 3.05) is 0 Å². The van der Waals surface area contributed by atoms with E-state index >= 15 is 0 Å². The van der Waals surface area contributed by atoms with Gasteiger partial charge in [-0.2, -0.15) is 30.7 Å². The Balaban J connectivity index is 5.53. The van der Waals surface area contributed by atoms with E-state index in [9.17, 15) is 39.5 Å². The Morgan fingerprint density at radius 1 is 0.812 bits per heavy atom. The van der Waals surface area contributed by atoms with Crippen molar-refractivity contribution in [3.63, 3.8) is 0 Å². The van der Waals surface area contributed by atoms with E-state index in [-0.39, 0.29) is 6.92 Å². The molecule has 0 rings (SSSR count). The second-order valence-corrected chi connectivity index (χ2v) is 3.23. The summed E-state index contributed by atoms with van der Waals surface area (Å²) < 4.78 is 108. The molecule has 16 heavy (non-hydrogen) atoms. The molecule has 0 saturated carbocycles. The molecule has 1 unspecified atom stereocenters. The van der Waals surface area contributed by atoms with Crippen molar-refractivity contribution >= 4 is 0 Å². The molecule has 0 heterocycles. The van der Waals surface area contributed by atoms with Gasteiger partial charge in [0.1, 0.15) is 5.54 Å². The third kappa shape index (κ3) is 1.94. The van der Waals surface area contributed by atoms with Crippen molar-refractivity contribution < 1.29 is 39.5 Å². The maximum Gasteiger partial charge on any atom is 0.459 e. The van der Waals surface area contributed by atoms with Crippen LogP contribution in [0.3, 0.4) is 0 Å². The Bertz CT molecular complexity index is 253. The van der Waals surface area contributed by atoms with Crippen LogP contribution in [0.2, 0.25) is 0 Å². The highest BCUT2D eigenvalue weighted by molar-refractivity contribution is 5.06. The van der Waals surface area contributed by atoms with Crippen molar-refractivity contribution in [1.29, 1.82) is 0 Å². The van der Waals surface area contributed by atoms with Crippen molar-refractivity contribution in [2.45, 2.75) is 36.9 Å². The highest BCUT2D eigenvalue weighted by Gasteiger charge is 2.79. The molecule has 2 N–H and O–H groups in total. The van der Waals surface area contributed by atoms with Crippen molar-refractivity contribution in [2.24, 2.45) is 5.73 Å². The number of nitrogens with two attached hydrogens (primary N) is 1. The van der Waals surface area contributed by atoms with E-state index in [2.05, 4.69) is 5.73 Å². The van der Waals surface area contributed by atoms with Gasteiger partial charge < -0.3 is 5.73 Å². The third-order valence-electron chi connectivity index (χ3n) is 1.88. The fraction of sp³-hybridized carbons (Fsp3) is 1.00. The fourth-order valence-electron chi connectivity index (χ4n) is 0.653. The molecule has 0 bridgehead atoms. The first-order valence-corrected chi connectivity index (χ1v) is 3.59. The van der Waals surface area contributed by atoms with Crippen LogP contribution in [0.25, 0.3) is 0 Å². The molecular formula is C6H6F9N. The molecule has 0 aromatic heterocycles. The normalized spacial score (nSPS) is 18.8. The van der Waals surface area contributed by atoms with Gasteiger partial charge in [0.05, 0.1) is 0 Å². The molecule has 1 atom stereocenters. The molecule has 0 saturated heterocycles. The minimum atomic E-state index is -6.67. The van der Waals surface area contributed by atoms with Gasteiger partial charge in [-0.3, -0.25) is 0 Å². The van der Waals surface area contributed by atoms with E-state index in [4.69, 9.17) is 0 Å². The van der Waals surface area contributed by atoms with Crippen LogP contribution in [0, 0.1) is 0 Å². The Hall–Kier alpha value is -0.670. The van der Waals surface area contributed by atoms with E-state index in [0.717, 1.165) is 0 Å². The summed E-state index contributed by atoms with van der Waals surface area (Å²) in [5.74, 6) is -12.8. The Morgan fingerprint density at radius 2 is 1.12 bits per heavy atom. The van der Waals surface area contributed by atoms with Crippen LogP contribution in [0.4, 0.5) is 39.5 Å². The van der Waals surface area contributed by atoms with E-state index in [1.807, 2.05) is 0 Å². The molecule has 0 fully saturated rings. The Kier molecular flexibility index (Phi) is 3.52. The van der Waals surface area contributed by atoms with Gasteiger partial charge in [0.25, 0.3) is 6.43 Å². The number of alkyl halides is 9. The van der Waals surface area contributed by atoms with E-state index < -0.39 is 30.0 Å². The summed E-state index contributed by atoms with van der Waals surface area (Å²) in [5.41, 5.74) is -0.159. The zero-order valence-electron chi connectivity index (χ0n) is 7.56. The second kappa shape index (κ2) is 3.67. The zero-order chi connectivity index (χ0) is 13.6. The minimum Gasteiger partial charge on any atom is -0.315 e. The van der Waals surface area contributed by atoms with Crippen LogP contribution in [0.15, 0.2) is 0 Å². The average molecular weight is 263 g/mol. The lowest BCUT2D eigenvalue weighted by Gasteiger charge is -2.38. The SMILES string of the molecule is CC(N)(C(F)F)C(F)(F)C(F)(F)C(F)(F)F. The lowest BCUT2D eigenvalue weighted by Crippen LogP contribution is -2.69. The summed E-state index contributed by atoms with van der Waals surface area (Å²) in [6, 6.07) is 0. The second-order valence-electron chi connectivity index (χ2n) is 3.23. The van der Waals surface area contributed by atoms with Crippen LogP contribution in [-0.2, 0) is 0 Å². The highest BCUT2D eigenvalue weighted by atomic mass is 19.4. The molecule has 0 aromatic carbocycles. The zero-order valence-corrected chi connectivity index (χ0v) is 7.56. The van der Waals surface area contributed by atoms with Gasteiger partial charge >= 0.3 is 18.0 Å². The van der Waals surface area contributed by atoms with Crippen LogP contribution in [-0.4, -0.2) is 30.0 Å². The molecule has 0 aliphatic carbocycles. The van der Waals surface area contributed by atoms with Gasteiger partial charge in [-0.15, -0.1) is 0 Å². The van der Waals surface area contributed by atoms with Gasteiger partial charge in [-0.1, -0.05) is 0 Å². The predicted molar refractivity (Wildman–Crippen MR) is 34.5 cm³/mol. The first-order chi connectivity index (χ1) is 6.69. The molecule has 10 heteroatoms. The summed E-state index contributed by atoms with van der Waals surface area (Å²) in [5, 5.41) is 0. The lowest BCUT2D eigenvalue weighted by atomic mass is 9.90. The summed E-state index contributed by atoms with van der Waals surface area (Å²) in [4.78, 5) is 0. The van der Waals surface area contributed by atoms with Crippen molar-refractivity contribution in [3.05, 3.63) is 0 Å². The van der Waals surface area contributed by atoms with Gasteiger partial charge in [0.15, 0.2) is 0 Å². The van der Waals surface area contributed by atoms with E-state index in [1.165, 1.54) is 0 Å². The fourth-order valence-corrected chi connectivity index (χ4v) is 0.653. The molecule has 0 amide bonds. The first kappa shape index (κ1) is 15.3. The lowest BCUT2D eigenvalue weighted by molar-refractivity contribution is -0.373. The Labute approximate surface area is 83.4 Å². The minimum absolute atomic E-state index is 0.280. The maximum absolute atomic E-state index is 12.7. The van der Waals surface area contributed by atoms with Gasteiger partial charge in [-0.05, 0) is 6.92 Å². The molecule has 0 radical (unpaired) electrons. The quantitative estimate of drug-likeness (QED) is 0.778. The summed E-state index contributed by atoms with van der Waals surface area (Å²) in [6.45, 7) is -0.280. The standard InChI is InChI=1S/C6H6F9N/c1-3(16,2(7)8)4(9,10)5(11,12)6(13,14)15/h2H,16H2,1H3. The highest BCUT2D eigenvalue weighted by Crippen LogP contribution is 2.51. The van der Waals surface area contributed by atoms with Crippen LogP contribution < -0.4 is 5.73 Å². The molecule has 0 aliphatic rings. The Morgan fingerprint density at radius 3 is 1.31 bits per heavy atom. The predicted octanol–water partition coefficient (Wildman–Crippen LogP) is 2.80. The molecular weight excluding hydrogens is 257 g/mol. The third-order valence-corrected chi connectivity index (χ3v) is 1.88. The van der Waals surface area contributed by atoms with Crippen molar-refractivity contribution in [3.8, 4) is 0 Å². The summed E-state index contributed by atoms with van der Waals surface area (Å²) >= 11 is 0. The number of halogens is 9. The topological polar surface area (TPSA) is 26.0 Å². The summed E-state index contributed by atoms with van der Waals surface area (Å²) in [6.07, 6.45) is -10.9. The molecule has 98 valence electrons. The number of rotatable bonds is 3. The van der Waals surface area contributed by atoms with E-state index in [1.54, 1.807) is 0 Å². The monoisotopic (exact) mass is 263 g/mol.